The molecule has 11 heteroatoms. The predicted molar refractivity (Wildman–Crippen MR) is 133 cm³/mol. The first-order valence-electron chi connectivity index (χ1n) is 11.7. The summed E-state index contributed by atoms with van der Waals surface area (Å²) in [4.78, 5) is 17.8. The molecular weight excluding hydrogens is 497 g/mol. The number of carbonyl (C=O) groups excluding carboxylic acids is 1. The van der Waals surface area contributed by atoms with Gasteiger partial charge in [-0.3, -0.25) is 4.79 Å². The summed E-state index contributed by atoms with van der Waals surface area (Å²) in [5.41, 5.74) is -0.266. The number of nitriles is 1. The predicted octanol–water partition coefficient (Wildman–Crippen LogP) is 2.92. The molecule has 1 aromatic heterocycles. The molecule has 37 heavy (non-hydrogen) atoms. The lowest BCUT2D eigenvalue weighted by Gasteiger charge is -2.36. The van der Waals surface area contributed by atoms with Gasteiger partial charge in [-0.05, 0) is 49.6 Å². The molecular formula is C26H28FN5O4S. The van der Waals surface area contributed by atoms with Crippen LogP contribution in [0.15, 0.2) is 59.9 Å². The number of aryl methyl sites for hydroxylation is 1. The maximum Gasteiger partial charge on any atom is 0.243 e. The number of hydrogen-bond donors (Lipinski definition) is 1. The van der Waals surface area contributed by atoms with Gasteiger partial charge in [-0.2, -0.15) is 9.57 Å². The van der Waals surface area contributed by atoms with Crippen LogP contribution in [0.3, 0.4) is 0 Å². The number of carbonyl (C=O) groups is 1. The van der Waals surface area contributed by atoms with Gasteiger partial charge in [0.25, 0.3) is 0 Å². The Hall–Kier alpha value is -3.75. The molecule has 1 amide bonds. The van der Waals surface area contributed by atoms with Gasteiger partial charge >= 0.3 is 0 Å². The van der Waals surface area contributed by atoms with Crippen LogP contribution >= 0.6 is 0 Å². The lowest BCUT2D eigenvalue weighted by molar-refractivity contribution is -0.127. The summed E-state index contributed by atoms with van der Waals surface area (Å²) in [5.74, 6) is -1.26. The van der Waals surface area contributed by atoms with Crippen LogP contribution in [0.4, 0.5) is 4.39 Å². The monoisotopic (exact) mass is 525 g/mol. The van der Waals surface area contributed by atoms with Gasteiger partial charge in [-0.25, -0.2) is 17.8 Å². The number of halogens is 1. The normalized spacial score (nSPS) is 18.0. The van der Waals surface area contributed by atoms with E-state index in [0.29, 0.717) is 36.4 Å². The van der Waals surface area contributed by atoms with Crippen LogP contribution in [-0.2, 0) is 27.4 Å². The zero-order valence-electron chi connectivity index (χ0n) is 20.8. The zero-order valence-corrected chi connectivity index (χ0v) is 21.6. The smallest absolute Gasteiger partial charge is 0.243 e. The molecule has 194 valence electrons. The maximum atomic E-state index is 14.6. The van der Waals surface area contributed by atoms with E-state index < -0.39 is 27.3 Å². The molecule has 0 bridgehead atoms. The van der Waals surface area contributed by atoms with Crippen LogP contribution in [-0.4, -0.2) is 48.4 Å². The van der Waals surface area contributed by atoms with Crippen molar-refractivity contribution in [2.45, 2.75) is 30.2 Å². The molecule has 2 heterocycles. The maximum absolute atomic E-state index is 14.6. The summed E-state index contributed by atoms with van der Waals surface area (Å²) < 4.78 is 49.4. The van der Waals surface area contributed by atoms with E-state index in [-0.39, 0.29) is 22.9 Å². The van der Waals surface area contributed by atoms with Gasteiger partial charge in [-0.1, -0.05) is 12.1 Å². The standard InChI is InChI=1S/C26H28FN5O4S/c1-26(24-15-29-17-31(24)2,20-10-9-18(14-28)23(27)12-20)30-25(33)19-6-5-11-32(16-19)37(34,35)22-8-4-7-21(13-22)36-3/h4,7-10,12-13,15,17,19H,5-6,11,16H2,1-3H3,(H,30,33)/t19?,26-/m1/s1. The summed E-state index contributed by atoms with van der Waals surface area (Å²) in [6.07, 6.45) is 4.16. The average Bonchev–Trinajstić information content (AvgIpc) is 3.35. The minimum absolute atomic E-state index is 0.00851. The fourth-order valence-electron chi connectivity index (χ4n) is 4.67. The highest BCUT2D eigenvalue weighted by Gasteiger charge is 2.39. The Kier molecular flexibility index (Phi) is 7.34. The third-order valence-corrected chi connectivity index (χ3v) is 8.66. The second-order valence-corrected chi connectivity index (χ2v) is 11.1. The number of piperidine rings is 1. The van der Waals surface area contributed by atoms with Crippen LogP contribution in [0.2, 0.25) is 0 Å². The van der Waals surface area contributed by atoms with Crippen molar-refractivity contribution in [3.8, 4) is 11.8 Å². The van der Waals surface area contributed by atoms with Crippen molar-refractivity contribution >= 4 is 15.9 Å². The topological polar surface area (TPSA) is 117 Å². The summed E-state index contributed by atoms with van der Waals surface area (Å²) in [7, 11) is -0.617. The van der Waals surface area contributed by atoms with E-state index >= 15 is 0 Å². The molecule has 1 aliphatic heterocycles. The van der Waals surface area contributed by atoms with Crippen molar-refractivity contribution < 1.29 is 22.3 Å². The van der Waals surface area contributed by atoms with Gasteiger partial charge in [0.1, 0.15) is 23.2 Å². The van der Waals surface area contributed by atoms with E-state index in [0.717, 1.165) is 0 Å². The second kappa shape index (κ2) is 10.3. The molecule has 0 aliphatic carbocycles. The lowest BCUT2D eigenvalue weighted by Crippen LogP contribution is -2.51. The van der Waals surface area contributed by atoms with Crippen LogP contribution in [0.25, 0.3) is 0 Å². The number of hydrogen-bond acceptors (Lipinski definition) is 6. The van der Waals surface area contributed by atoms with E-state index in [1.54, 1.807) is 55.3 Å². The molecule has 1 saturated heterocycles. The summed E-state index contributed by atoms with van der Waals surface area (Å²) in [5, 5.41) is 12.1. The summed E-state index contributed by atoms with van der Waals surface area (Å²) in [6, 6.07) is 12.2. The molecule has 0 saturated carbocycles. The number of nitrogens with zero attached hydrogens (tertiary/aromatic N) is 4. The molecule has 1 unspecified atom stereocenters. The first-order valence-corrected chi connectivity index (χ1v) is 13.2. The largest absolute Gasteiger partial charge is 0.497 e. The Balaban J connectivity index is 1.62. The van der Waals surface area contributed by atoms with Gasteiger partial charge in [0.15, 0.2) is 0 Å². The Morgan fingerprint density at radius 2 is 2.08 bits per heavy atom. The molecule has 1 fully saturated rings. The second-order valence-electron chi connectivity index (χ2n) is 9.19. The van der Waals surface area contributed by atoms with Gasteiger partial charge in [0.05, 0.1) is 41.7 Å². The Morgan fingerprint density at radius 3 is 2.73 bits per heavy atom. The molecule has 1 N–H and O–H groups in total. The molecule has 2 aromatic carbocycles. The number of ether oxygens (including phenoxy) is 1. The molecule has 0 spiro atoms. The van der Waals surface area contributed by atoms with Crippen molar-refractivity contribution in [1.29, 1.82) is 5.26 Å². The highest BCUT2D eigenvalue weighted by Crippen LogP contribution is 2.32. The highest BCUT2D eigenvalue weighted by atomic mass is 32.2. The molecule has 4 rings (SSSR count). The van der Waals surface area contributed by atoms with E-state index in [2.05, 4.69) is 10.3 Å². The summed E-state index contributed by atoms with van der Waals surface area (Å²) in [6.45, 7) is 2.04. The van der Waals surface area contributed by atoms with Gasteiger partial charge in [-0.15, -0.1) is 0 Å². The number of nitrogens with one attached hydrogen (secondary N) is 1. The molecule has 2 atom stereocenters. The minimum Gasteiger partial charge on any atom is -0.497 e. The van der Waals surface area contributed by atoms with E-state index in [4.69, 9.17) is 10.00 Å². The zero-order chi connectivity index (χ0) is 26.8. The average molecular weight is 526 g/mol. The first-order chi connectivity index (χ1) is 17.6. The number of amides is 1. The first kappa shape index (κ1) is 26.3. The van der Waals surface area contributed by atoms with Gasteiger partial charge in [0, 0.05) is 26.2 Å². The fourth-order valence-corrected chi connectivity index (χ4v) is 6.23. The number of aromatic nitrogens is 2. The molecule has 0 radical (unpaired) electrons. The SMILES string of the molecule is COc1cccc(S(=O)(=O)N2CCCC(C(=O)N[C@](C)(c3ccc(C#N)c(F)c3)c3cncn3C)C2)c1. The van der Waals surface area contributed by atoms with Crippen LogP contribution < -0.4 is 10.1 Å². The molecule has 3 aromatic rings. The van der Waals surface area contributed by atoms with Gasteiger partial charge < -0.3 is 14.6 Å². The number of methoxy groups -OCH3 is 1. The number of imidazole rings is 1. The Morgan fingerprint density at radius 1 is 1.30 bits per heavy atom. The van der Waals surface area contributed by atoms with Crippen LogP contribution in [0.1, 0.15) is 36.6 Å². The number of benzene rings is 2. The Bertz CT molecular complexity index is 1470. The van der Waals surface area contributed by atoms with Crippen molar-refractivity contribution in [2.24, 2.45) is 13.0 Å². The molecule has 1 aliphatic rings. The van der Waals surface area contributed by atoms with Crippen LogP contribution in [0, 0.1) is 23.1 Å². The third kappa shape index (κ3) is 5.08. The van der Waals surface area contributed by atoms with Gasteiger partial charge in [0.2, 0.25) is 15.9 Å². The molecule has 9 nitrogen and oxygen atoms in total. The number of rotatable bonds is 7. The van der Waals surface area contributed by atoms with Crippen molar-refractivity contribution in [3.63, 3.8) is 0 Å². The number of sulfonamides is 1. The van der Waals surface area contributed by atoms with E-state index in [9.17, 15) is 17.6 Å². The van der Waals surface area contributed by atoms with Crippen molar-refractivity contribution in [1.82, 2.24) is 19.2 Å². The Labute approximate surface area is 215 Å². The third-order valence-electron chi connectivity index (χ3n) is 6.80. The fraction of sp³-hybridized carbons (Fsp3) is 0.346. The summed E-state index contributed by atoms with van der Waals surface area (Å²) >= 11 is 0. The van der Waals surface area contributed by atoms with E-state index in [1.165, 1.54) is 35.7 Å². The van der Waals surface area contributed by atoms with Crippen molar-refractivity contribution in [3.05, 3.63) is 77.6 Å². The highest BCUT2D eigenvalue weighted by molar-refractivity contribution is 7.89. The quantitative estimate of drug-likeness (QED) is 0.507. The lowest BCUT2D eigenvalue weighted by atomic mass is 9.86. The minimum atomic E-state index is -3.84. The van der Waals surface area contributed by atoms with Crippen molar-refractivity contribution in [2.75, 3.05) is 20.2 Å². The van der Waals surface area contributed by atoms with Crippen LogP contribution in [0.5, 0.6) is 5.75 Å². The van der Waals surface area contributed by atoms with E-state index in [1.807, 2.05) is 0 Å².